The van der Waals surface area contributed by atoms with Crippen LogP contribution in [-0.4, -0.2) is 4.98 Å². The van der Waals surface area contributed by atoms with Gasteiger partial charge in [-0.25, -0.2) is 4.98 Å². The van der Waals surface area contributed by atoms with E-state index in [1.165, 1.54) is 22.5 Å². The molecule has 0 aliphatic heterocycles. The number of anilines is 2. The van der Waals surface area contributed by atoms with Crippen LogP contribution in [0.25, 0.3) is 32.8 Å². The summed E-state index contributed by atoms with van der Waals surface area (Å²) in [6, 6.07) is 26.6. The van der Waals surface area contributed by atoms with E-state index in [0.29, 0.717) is 5.13 Å². The van der Waals surface area contributed by atoms with E-state index in [2.05, 4.69) is 41.4 Å². The standard InChI is InChI=1S/C21H17N3S/c22-18-12-10-17(11-13-18)20-19(24-21(23)25-20)16-8-6-15(7-9-16)14-4-2-1-3-5-14/h1-13H,22H2,(H2,23,24). The Kier molecular flexibility index (Phi) is 3.96. The molecule has 0 aliphatic rings. The lowest BCUT2D eigenvalue weighted by atomic mass is 10.0. The van der Waals surface area contributed by atoms with E-state index in [9.17, 15) is 0 Å². The number of nitrogens with zero attached hydrogens (tertiary/aromatic N) is 1. The summed E-state index contributed by atoms with van der Waals surface area (Å²) < 4.78 is 0. The van der Waals surface area contributed by atoms with E-state index in [1.807, 2.05) is 42.5 Å². The molecule has 4 rings (SSSR count). The second-order valence-electron chi connectivity index (χ2n) is 5.80. The summed E-state index contributed by atoms with van der Waals surface area (Å²) in [6.45, 7) is 0. The van der Waals surface area contributed by atoms with Gasteiger partial charge in [0.1, 0.15) is 0 Å². The van der Waals surface area contributed by atoms with Crippen molar-refractivity contribution in [3.63, 3.8) is 0 Å². The van der Waals surface area contributed by atoms with Gasteiger partial charge in [-0.3, -0.25) is 0 Å². The highest BCUT2D eigenvalue weighted by Crippen LogP contribution is 2.38. The Hall–Kier alpha value is -3.11. The molecule has 3 aromatic carbocycles. The Bertz CT molecular complexity index is 988. The zero-order chi connectivity index (χ0) is 17.2. The van der Waals surface area contributed by atoms with Gasteiger partial charge in [-0.05, 0) is 28.8 Å². The maximum Gasteiger partial charge on any atom is 0.181 e. The summed E-state index contributed by atoms with van der Waals surface area (Å²) in [4.78, 5) is 5.61. The molecule has 0 radical (unpaired) electrons. The van der Waals surface area contributed by atoms with Gasteiger partial charge in [0.05, 0.1) is 10.6 Å². The van der Waals surface area contributed by atoms with E-state index in [4.69, 9.17) is 11.5 Å². The summed E-state index contributed by atoms with van der Waals surface area (Å²) in [5.41, 5.74) is 17.9. The molecule has 0 atom stereocenters. The molecule has 0 fully saturated rings. The van der Waals surface area contributed by atoms with Crippen LogP contribution in [0.2, 0.25) is 0 Å². The van der Waals surface area contributed by atoms with Crippen molar-refractivity contribution in [1.29, 1.82) is 0 Å². The van der Waals surface area contributed by atoms with Gasteiger partial charge in [0.25, 0.3) is 0 Å². The molecule has 122 valence electrons. The van der Waals surface area contributed by atoms with E-state index in [-0.39, 0.29) is 0 Å². The minimum absolute atomic E-state index is 0.564. The van der Waals surface area contributed by atoms with Gasteiger partial charge in [0.2, 0.25) is 0 Å². The Balaban J connectivity index is 1.74. The summed E-state index contributed by atoms with van der Waals surface area (Å²) >= 11 is 1.49. The van der Waals surface area contributed by atoms with E-state index in [1.54, 1.807) is 0 Å². The maximum atomic E-state index is 5.99. The zero-order valence-corrected chi connectivity index (χ0v) is 14.3. The molecule has 0 saturated heterocycles. The Morgan fingerprint density at radius 3 is 1.84 bits per heavy atom. The monoisotopic (exact) mass is 343 g/mol. The summed E-state index contributed by atoms with van der Waals surface area (Å²) in [5, 5.41) is 0.564. The fraction of sp³-hybridized carbons (Fsp3) is 0. The first-order valence-electron chi connectivity index (χ1n) is 7.99. The largest absolute Gasteiger partial charge is 0.399 e. The number of hydrogen-bond donors (Lipinski definition) is 2. The predicted molar refractivity (Wildman–Crippen MR) is 107 cm³/mol. The molecule has 25 heavy (non-hydrogen) atoms. The van der Waals surface area contributed by atoms with Crippen LogP contribution in [0.3, 0.4) is 0 Å². The molecule has 1 aromatic heterocycles. The first-order valence-corrected chi connectivity index (χ1v) is 8.80. The zero-order valence-electron chi connectivity index (χ0n) is 13.5. The second kappa shape index (κ2) is 6.42. The number of nitrogens with two attached hydrogens (primary N) is 2. The quantitative estimate of drug-likeness (QED) is 0.496. The highest BCUT2D eigenvalue weighted by Gasteiger charge is 2.14. The molecule has 4 aromatic rings. The van der Waals surface area contributed by atoms with Crippen LogP contribution >= 0.6 is 11.3 Å². The van der Waals surface area contributed by atoms with Gasteiger partial charge in [-0.15, -0.1) is 0 Å². The van der Waals surface area contributed by atoms with Crippen molar-refractivity contribution >= 4 is 22.2 Å². The van der Waals surface area contributed by atoms with Crippen molar-refractivity contribution in [3.8, 4) is 32.8 Å². The number of nitrogen functional groups attached to an aromatic ring is 2. The van der Waals surface area contributed by atoms with Crippen LogP contribution in [0.4, 0.5) is 10.8 Å². The summed E-state index contributed by atoms with van der Waals surface area (Å²) in [5.74, 6) is 0. The van der Waals surface area contributed by atoms with Crippen molar-refractivity contribution in [1.82, 2.24) is 4.98 Å². The first-order chi connectivity index (χ1) is 12.2. The van der Waals surface area contributed by atoms with Gasteiger partial charge >= 0.3 is 0 Å². The SMILES string of the molecule is Nc1ccc(-c2sc(N)nc2-c2ccc(-c3ccccc3)cc2)cc1. The number of hydrogen-bond acceptors (Lipinski definition) is 4. The van der Waals surface area contributed by atoms with Crippen LogP contribution < -0.4 is 11.5 Å². The summed E-state index contributed by atoms with van der Waals surface area (Å²) in [7, 11) is 0. The molecular formula is C21H17N3S. The average molecular weight is 343 g/mol. The average Bonchev–Trinajstić information content (AvgIpc) is 3.05. The van der Waals surface area contributed by atoms with E-state index in [0.717, 1.165) is 27.4 Å². The third-order valence-corrected chi connectivity index (χ3v) is 5.02. The van der Waals surface area contributed by atoms with Crippen molar-refractivity contribution in [2.24, 2.45) is 0 Å². The lowest BCUT2D eigenvalue weighted by Gasteiger charge is -2.06. The topological polar surface area (TPSA) is 64.9 Å². The van der Waals surface area contributed by atoms with Crippen LogP contribution in [0, 0.1) is 0 Å². The molecule has 0 amide bonds. The lowest BCUT2D eigenvalue weighted by Crippen LogP contribution is -1.86. The van der Waals surface area contributed by atoms with Gasteiger partial charge in [0, 0.05) is 11.3 Å². The fourth-order valence-corrected chi connectivity index (χ4v) is 3.67. The van der Waals surface area contributed by atoms with E-state index >= 15 is 0 Å². The van der Waals surface area contributed by atoms with Crippen molar-refractivity contribution in [3.05, 3.63) is 78.9 Å². The second-order valence-corrected chi connectivity index (χ2v) is 6.83. The number of thiazole rings is 1. The minimum atomic E-state index is 0.564. The fourth-order valence-electron chi connectivity index (χ4n) is 2.81. The van der Waals surface area contributed by atoms with E-state index < -0.39 is 0 Å². The first kappa shape index (κ1) is 15.4. The Morgan fingerprint density at radius 1 is 0.600 bits per heavy atom. The van der Waals surface area contributed by atoms with Gasteiger partial charge in [0.15, 0.2) is 5.13 Å². The molecular weight excluding hydrogens is 326 g/mol. The van der Waals surface area contributed by atoms with Crippen LogP contribution in [-0.2, 0) is 0 Å². The Morgan fingerprint density at radius 2 is 1.16 bits per heavy atom. The number of benzene rings is 3. The normalized spacial score (nSPS) is 10.7. The number of rotatable bonds is 3. The maximum absolute atomic E-state index is 5.99. The molecule has 4 heteroatoms. The van der Waals surface area contributed by atoms with Crippen LogP contribution in [0.1, 0.15) is 0 Å². The molecule has 0 aliphatic carbocycles. The molecule has 1 heterocycles. The van der Waals surface area contributed by atoms with Crippen molar-refractivity contribution in [2.45, 2.75) is 0 Å². The smallest absolute Gasteiger partial charge is 0.181 e. The molecule has 0 bridgehead atoms. The third-order valence-electron chi connectivity index (χ3n) is 4.08. The molecule has 0 spiro atoms. The van der Waals surface area contributed by atoms with Crippen LogP contribution in [0.5, 0.6) is 0 Å². The van der Waals surface area contributed by atoms with Gasteiger partial charge < -0.3 is 11.5 Å². The summed E-state index contributed by atoms with van der Waals surface area (Å²) in [6.07, 6.45) is 0. The third kappa shape index (κ3) is 3.12. The minimum Gasteiger partial charge on any atom is -0.399 e. The van der Waals surface area contributed by atoms with Gasteiger partial charge in [-0.2, -0.15) is 0 Å². The highest BCUT2D eigenvalue weighted by molar-refractivity contribution is 7.19. The Labute approximate surface area is 150 Å². The molecule has 0 unspecified atom stereocenters. The van der Waals surface area contributed by atoms with Crippen molar-refractivity contribution in [2.75, 3.05) is 11.5 Å². The number of aromatic nitrogens is 1. The molecule has 4 N–H and O–H groups in total. The predicted octanol–water partition coefficient (Wildman–Crippen LogP) is 5.31. The lowest BCUT2D eigenvalue weighted by molar-refractivity contribution is 1.41. The van der Waals surface area contributed by atoms with Gasteiger partial charge in [-0.1, -0.05) is 78.1 Å². The molecule has 0 saturated carbocycles. The highest BCUT2D eigenvalue weighted by atomic mass is 32.1. The molecule has 3 nitrogen and oxygen atoms in total. The van der Waals surface area contributed by atoms with Crippen LogP contribution in [0.15, 0.2) is 78.9 Å². The van der Waals surface area contributed by atoms with Crippen molar-refractivity contribution < 1.29 is 0 Å².